The topological polar surface area (TPSA) is 26.0 Å². The van der Waals surface area contributed by atoms with E-state index in [2.05, 4.69) is 19.1 Å². The van der Waals surface area contributed by atoms with E-state index in [0.29, 0.717) is 0 Å². The molecule has 0 aromatic carbocycles. The van der Waals surface area contributed by atoms with Crippen LogP contribution in [0.2, 0.25) is 0 Å². The summed E-state index contributed by atoms with van der Waals surface area (Å²) in [6.07, 6.45) is 25.4. The van der Waals surface area contributed by atoms with Crippen LogP contribution < -0.4 is 5.73 Å². The fraction of sp³-hybridized carbons (Fsp3) is 0.895. The van der Waals surface area contributed by atoms with Crippen molar-refractivity contribution < 1.29 is 0 Å². The molecule has 0 bridgehead atoms. The molecule has 0 amide bonds. The Morgan fingerprint density at radius 2 is 0.950 bits per heavy atom. The number of hydrogen-bond donors (Lipinski definition) is 1. The smallest absolute Gasteiger partial charge is 0.00743 e. The number of unbranched alkanes of at least 4 members (excludes halogenated alkanes) is 13. The van der Waals surface area contributed by atoms with Gasteiger partial charge in [-0.05, 0) is 32.2 Å². The molecule has 0 aromatic rings. The molecule has 0 aliphatic heterocycles. The molecule has 2 N–H and O–H groups in total. The SMILES string of the molecule is CCCCCCCCCCCCCC/C=C/CCCN. The van der Waals surface area contributed by atoms with Gasteiger partial charge in [0, 0.05) is 0 Å². The van der Waals surface area contributed by atoms with E-state index < -0.39 is 0 Å². The van der Waals surface area contributed by atoms with Gasteiger partial charge in [-0.15, -0.1) is 0 Å². The lowest BCUT2D eigenvalue weighted by Gasteiger charge is -2.02. The van der Waals surface area contributed by atoms with Gasteiger partial charge < -0.3 is 5.73 Å². The van der Waals surface area contributed by atoms with Gasteiger partial charge in [-0.25, -0.2) is 0 Å². The average Bonchev–Trinajstić information content (AvgIpc) is 2.47. The zero-order valence-corrected chi connectivity index (χ0v) is 14.0. The Morgan fingerprint density at radius 3 is 1.40 bits per heavy atom. The molecular weight excluding hydrogens is 242 g/mol. The predicted molar refractivity (Wildman–Crippen MR) is 93.1 cm³/mol. The second kappa shape index (κ2) is 18.7. The molecule has 0 spiro atoms. The molecule has 0 unspecified atom stereocenters. The third-order valence-corrected chi connectivity index (χ3v) is 3.97. The highest BCUT2D eigenvalue weighted by Crippen LogP contribution is 2.12. The molecule has 0 saturated carbocycles. The number of hydrogen-bond acceptors (Lipinski definition) is 1. The molecule has 0 aliphatic rings. The largest absolute Gasteiger partial charge is 0.330 e. The molecule has 0 aliphatic carbocycles. The highest BCUT2D eigenvalue weighted by atomic mass is 14.5. The Kier molecular flexibility index (Phi) is 18.4. The predicted octanol–water partition coefficient (Wildman–Crippen LogP) is 6.37. The third kappa shape index (κ3) is 17.7. The minimum Gasteiger partial charge on any atom is -0.330 e. The van der Waals surface area contributed by atoms with E-state index in [1.165, 1.54) is 83.5 Å². The Balaban J connectivity index is 2.97. The summed E-state index contributed by atoms with van der Waals surface area (Å²) in [7, 11) is 0. The first-order chi connectivity index (χ1) is 9.91. The number of allylic oxidation sites excluding steroid dienone is 2. The molecule has 0 saturated heterocycles. The van der Waals surface area contributed by atoms with E-state index in [0.717, 1.165) is 19.4 Å². The Bertz CT molecular complexity index is 186. The third-order valence-electron chi connectivity index (χ3n) is 3.97. The summed E-state index contributed by atoms with van der Waals surface area (Å²) in [5.74, 6) is 0. The van der Waals surface area contributed by atoms with Gasteiger partial charge in [0.05, 0.1) is 0 Å². The highest BCUT2D eigenvalue weighted by molar-refractivity contribution is 4.81. The van der Waals surface area contributed by atoms with Crippen LogP contribution in [0.3, 0.4) is 0 Å². The van der Waals surface area contributed by atoms with Gasteiger partial charge in [-0.2, -0.15) is 0 Å². The summed E-state index contributed by atoms with van der Waals surface area (Å²) in [6.45, 7) is 3.11. The van der Waals surface area contributed by atoms with E-state index >= 15 is 0 Å². The summed E-state index contributed by atoms with van der Waals surface area (Å²) in [6, 6.07) is 0. The van der Waals surface area contributed by atoms with E-state index in [9.17, 15) is 0 Å². The van der Waals surface area contributed by atoms with Crippen LogP contribution in [-0.2, 0) is 0 Å². The normalized spacial score (nSPS) is 11.5. The minimum atomic E-state index is 0.822. The van der Waals surface area contributed by atoms with E-state index in [-0.39, 0.29) is 0 Å². The van der Waals surface area contributed by atoms with Crippen LogP contribution >= 0.6 is 0 Å². The first kappa shape index (κ1) is 19.7. The van der Waals surface area contributed by atoms with Gasteiger partial charge in [0.2, 0.25) is 0 Å². The van der Waals surface area contributed by atoms with Gasteiger partial charge in [0.1, 0.15) is 0 Å². The van der Waals surface area contributed by atoms with Crippen LogP contribution in [0.5, 0.6) is 0 Å². The monoisotopic (exact) mass is 281 g/mol. The lowest BCUT2D eigenvalue weighted by Crippen LogP contribution is -1.96. The van der Waals surface area contributed by atoms with Crippen LogP contribution in [0.4, 0.5) is 0 Å². The first-order valence-corrected chi connectivity index (χ1v) is 9.27. The van der Waals surface area contributed by atoms with Crippen molar-refractivity contribution in [3.05, 3.63) is 12.2 Å². The molecule has 0 aromatic heterocycles. The van der Waals surface area contributed by atoms with Crippen molar-refractivity contribution in [2.45, 2.75) is 103 Å². The maximum Gasteiger partial charge on any atom is -0.00743 e. The molecular formula is C19H39N. The van der Waals surface area contributed by atoms with Crippen molar-refractivity contribution in [3.63, 3.8) is 0 Å². The van der Waals surface area contributed by atoms with Crippen molar-refractivity contribution in [2.75, 3.05) is 6.54 Å². The second-order valence-electron chi connectivity index (χ2n) is 6.08. The van der Waals surface area contributed by atoms with Crippen molar-refractivity contribution in [2.24, 2.45) is 5.73 Å². The zero-order chi connectivity index (χ0) is 14.7. The van der Waals surface area contributed by atoms with Crippen molar-refractivity contribution in [3.8, 4) is 0 Å². The fourth-order valence-corrected chi connectivity index (χ4v) is 2.57. The highest BCUT2D eigenvalue weighted by Gasteiger charge is 1.92. The summed E-state index contributed by atoms with van der Waals surface area (Å²) in [4.78, 5) is 0. The fourth-order valence-electron chi connectivity index (χ4n) is 2.57. The Labute approximate surface area is 128 Å². The summed E-state index contributed by atoms with van der Waals surface area (Å²) in [5.41, 5.74) is 5.46. The van der Waals surface area contributed by atoms with Crippen molar-refractivity contribution >= 4 is 0 Å². The van der Waals surface area contributed by atoms with Crippen molar-refractivity contribution in [1.29, 1.82) is 0 Å². The van der Waals surface area contributed by atoms with Crippen LogP contribution in [0, 0.1) is 0 Å². The maximum absolute atomic E-state index is 5.46. The maximum atomic E-state index is 5.46. The van der Waals surface area contributed by atoms with Gasteiger partial charge in [-0.3, -0.25) is 0 Å². The molecule has 0 heterocycles. The molecule has 20 heavy (non-hydrogen) atoms. The van der Waals surface area contributed by atoms with E-state index in [1.54, 1.807) is 0 Å². The van der Waals surface area contributed by atoms with Gasteiger partial charge in [-0.1, -0.05) is 89.7 Å². The summed E-state index contributed by atoms with van der Waals surface area (Å²) >= 11 is 0. The van der Waals surface area contributed by atoms with Crippen LogP contribution in [0.15, 0.2) is 12.2 Å². The average molecular weight is 282 g/mol. The summed E-state index contributed by atoms with van der Waals surface area (Å²) in [5, 5.41) is 0. The van der Waals surface area contributed by atoms with E-state index in [1.807, 2.05) is 0 Å². The van der Waals surface area contributed by atoms with Gasteiger partial charge in [0.25, 0.3) is 0 Å². The van der Waals surface area contributed by atoms with Crippen LogP contribution in [-0.4, -0.2) is 6.54 Å². The van der Waals surface area contributed by atoms with Crippen molar-refractivity contribution in [1.82, 2.24) is 0 Å². The first-order valence-electron chi connectivity index (χ1n) is 9.27. The quantitative estimate of drug-likeness (QED) is 0.258. The van der Waals surface area contributed by atoms with Crippen LogP contribution in [0.25, 0.3) is 0 Å². The molecule has 120 valence electrons. The van der Waals surface area contributed by atoms with Gasteiger partial charge >= 0.3 is 0 Å². The molecule has 0 rings (SSSR count). The number of nitrogens with two attached hydrogens (primary N) is 1. The van der Waals surface area contributed by atoms with Crippen LogP contribution in [0.1, 0.15) is 103 Å². The standard InChI is InChI=1S/C19H39N/c1-2-3-4-5-6-7-8-9-10-11-12-13-14-15-16-17-18-19-20/h15-16H,2-14,17-20H2,1H3/b16-15+. The molecule has 1 heteroatoms. The molecule has 1 nitrogen and oxygen atoms in total. The van der Waals surface area contributed by atoms with Gasteiger partial charge in [0.15, 0.2) is 0 Å². The zero-order valence-electron chi connectivity index (χ0n) is 14.0. The summed E-state index contributed by atoms with van der Waals surface area (Å²) < 4.78 is 0. The second-order valence-corrected chi connectivity index (χ2v) is 6.08. The lowest BCUT2D eigenvalue weighted by atomic mass is 10.0. The lowest BCUT2D eigenvalue weighted by molar-refractivity contribution is 0.545. The Hall–Kier alpha value is -0.300. The molecule has 0 fully saturated rings. The molecule has 0 radical (unpaired) electrons. The van der Waals surface area contributed by atoms with E-state index in [4.69, 9.17) is 5.73 Å². The molecule has 0 atom stereocenters. The number of rotatable bonds is 16. The Morgan fingerprint density at radius 1 is 0.550 bits per heavy atom. The minimum absolute atomic E-state index is 0.822.